The Morgan fingerprint density at radius 2 is 1.66 bits per heavy atom. The molecule has 0 spiro atoms. The van der Waals surface area contributed by atoms with Gasteiger partial charge in [-0.1, -0.05) is 6.07 Å². The maximum absolute atomic E-state index is 11.4. The Morgan fingerprint density at radius 1 is 0.969 bits per heavy atom. The van der Waals surface area contributed by atoms with E-state index in [0.29, 0.717) is 41.4 Å². The maximum Gasteiger partial charge on any atom is 0.343 e. The summed E-state index contributed by atoms with van der Waals surface area (Å²) in [5, 5.41) is 12.0. The number of fused-ring (bicyclic) bond motifs is 1. The molecule has 1 heterocycles. The number of esters is 1. The summed E-state index contributed by atoms with van der Waals surface area (Å²) < 4.78 is 26.5. The third kappa shape index (κ3) is 5.26. The van der Waals surface area contributed by atoms with Crippen molar-refractivity contribution in [3.63, 3.8) is 0 Å². The SMILES string of the molecule is CCOc1ccc2c(Cc3cc(OC)c(OCC(=O)OC)c(OC)c3)cncc2c1O.Cl. The summed E-state index contributed by atoms with van der Waals surface area (Å²) in [5.41, 5.74) is 1.78. The van der Waals surface area contributed by atoms with Gasteiger partial charge < -0.3 is 28.8 Å². The van der Waals surface area contributed by atoms with Gasteiger partial charge in [-0.05, 0) is 48.1 Å². The lowest BCUT2D eigenvalue weighted by Crippen LogP contribution is -2.13. The number of carbonyl (C=O) groups excluding carboxylic acids is 1. The van der Waals surface area contributed by atoms with Gasteiger partial charge in [0.2, 0.25) is 5.75 Å². The smallest absolute Gasteiger partial charge is 0.343 e. The number of pyridine rings is 1. The fourth-order valence-electron chi connectivity index (χ4n) is 3.27. The zero-order chi connectivity index (χ0) is 22.4. The Kier molecular flexibility index (Phi) is 8.78. The van der Waals surface area contributed by atoms with Gasteiger partial charge in [-0.25, -0.2) is 4.79 Å². The number of aromatic hydroxyl groups is 1. The summed E-state index contributed by atoms with van der Waals surface area (Å²) in [4.78, 5) is 15.7. The summed E-state index contributed by atoms with van der Waals surface area (Å²) in [7, 11) is 4.31. The van der Waals surface area contributed by atoms with Gasteiger partial charge in [0.05, 0.1) is 27.9 Å². The fourth-order valence-corrected chi connectivity index (χ4v) is 3.27. The molecule has 3 aromatic rings. The van der Waals surface area contributed by atoms with Crippen molar-refractivity contribution in [3.8, 4) is 28.7 Å². The molecule has 8 nitrogen and oxygen atoms in total. The van der Waals surface area contributed by atoms with E-state index in [1.165, 1.54) is 21.3 Å². The second-order valence-electron chi connectivity index (χ2n) is 6.61. The van der Waals surface area contributed by atoms with Crippen molar-refractivity contribution in [3.05, 3.63) is 47.8 Å². The van der Waals surface area contributed by atoms with Crippen LogP contribution in [-0.2, 0) is 16.0 Å². The molecule has 32 heavy (non-hydrogen) atoms. The number of phenolic OH excluding ortho intramolecular Hbond substituents is 1. The van der Waals surface area contributed by atoms with Crippen LogP contribution >= 0.6 is 12.4 Å². The van der Waals surface area contributed by atoms with Crippen molar-refractivity contribution >= 4 is 29.1 Å². The first-order chi connectivity index (χ1) is 15.0. The highest BCUT2D eigenvalue weighted by Crippen LogP contribution is 2.40. The molecule has 1 N–H and O–H groups in total. The molecule has 172 valence electrons. The van der Waals surface area contributed by atoms with Crippen LogP contribution in [0.3, 0.4) is 0 Å². The van der Waals surface area contributed by atoms with E-state index in [4.69, 9.17) is 18.9 Å². The number of methoxy groups -OCH3 is 3. The molecular weight excluding hydrogens is 438 g/mol. The molecule has 0 aliphatic heterocycles. The lowest BCUT2D eigenvalue weighted by molar-refractivity contribution is -0.142. The lowest BCUT2D eigenvalue weighted by atomic mass is 9.99. The predicted octanol–water partition coefficient (Wildman–Crippen LogP) is 3.92. The minimum Gasteiger partial charge on any atom is -0.504 e. The first kappa shape index (κ1) is 24.9. The lowest BCUT2D eigenvalue weighted by Gasteiger charge is -2.16. The molecule has 0 unspecified atom stereocenters. The van der Waals surface area contributed by atoms with Crippen LogP contribution in [0.5, 0.6) is 28.7 Å². The van der Waals surface area contributed by atoms with Crippen LogP contribution in [0, 0.1) is 0 Å². The van der Waals surface area contributed by atoms with Gasteiger partial charge >= 0.3 is 5.97 Å². The van der Waals surface area contributed by atoms with Gasteiger partial charge in [0, 0.05) is 17.8 Å². The Bertz CT molecular complexity index is 1060. The van der Waals surface area contributed by atoms with Gasteiger partial charge in [-0.3, -0.25) is 4.98 Å². The Balaban J connectivity index is 0.00000363. The number of nitrogens with zero attached hydrogens (tertiary/aromatic N) is 1. The maximum atomic E-state index is 11.4. The number of halogens is 1. The van der Waals surface area contributed by atoms with Crippen LogP contribution in [0.2, 0.25) is 0 Å². The van der Waals surface area contributed by atoms with Crippen LogP contribution in [-0.4, -0.2) is 50.6 Å². The number of carbonyl (C=O) groups is 1. The van der Waals surface area contributed by atoms with E-state index in [-0.39, 0.29) is 24.8 Å². The standard InChI is InChI=1S/C23H25NO7.ClH/c1-5-30-18-7-6-16-15(11-24-12-17(16)22(18)26)8-14-9-19(27-2)23(20(10-14)28-3)31-13-21(25)29-4;/h6-7,9-12,26H,5,8,13H2,1-4H3;1H. The molecule has 0 aliphatic carbocycles. The summed E-state index contributed by atoms with van der Waals surface area (Å²) in [6.07, 6.45) is 3.87. The molecule has 9 heteroatoms. The molecule has 0 amide bonds. The topological polar surface area (TPSA) is 96.3 Å². The van der Waals surface area contributed by atoms with Crippen LogP contribution in [0.15, 0.2) is 36.7 Å². The van der Waals surface area contributed by atoms with E-state index in [1.54, 1.807) is 18.5 Å². The average Bonchev–Trinajstić information content (AvgIpc) is 2.79. The first-order valence-corrected chi connectivity index (χ1v) is 9.68. The van der Waals surface area contributed by atoms with Crippen LogP contribution in [0.1, 0.15) is 18.1 Å². The Morgan fingerprint density at radius 3 is 2.25 bits per heavy atom. The molecule has 0 atom stereocenters. The van der Waals surface area contributed by atoms with E-state index in [0.717, 1.165) is 16.5 Å². The van der Waals surface area contributed by atoms with E-state index in [1.807, 2.05) is 25.1 Å². The number of hydrogen-bond acceptors (Lipinski definition) is 8. The van der Waals surface area contributed by atoms with Gasteiger partial charge in [0.15, 0.2) is 29.6 Å². The van der Waals surface area contributed by atoms with Crippen molar-refractivity contribution in [2.45, 2.75) is 13.3 Å². The highest BCUT2D eigenvalue weighted by molar-refractivity contribution is 5.92. The molecule has 2 aromatic carbocycles. The zero-order valence-electron chi connectivity index (χ0n) is 18.3. The summed E-state index contributed by atoms with van der Waals surface area (Å²) in [6.45, 7) is 2.05. The molecule has 0 fully saturated rings. The number of phenols is 1. The summed E-state index contributed by atoms with van der Waals surface area (Å²) in [6, 6.07) is 7.26. The summed E-state index contributed by atoms with van der Waals surface area (Å²) in [5.74, 6) is 1.14. The fraction of sp³-hybridized carbons (Fsp3) is 0.304. The predicted molar refractivity (Wildman–Crippen MR) is 122 cm³/mol. The molecule has 1 aromatic heterocycles. The van der Waals surface area contributed by atoms with E-state index in [2.05, 4.69) is 9.72 Å². The average molecular weight is 464 g/mol. The van der Waals surface area contributed by atoms with Crippen LogP contribution < -0.4 is 18.9 Å². The van der Waals surface area contributed by atoms with Gasteiger partial charge in [-0.2, -0.15) is 0 Å². The third-order valence-electron chi connectivity index (χ3n) is 4.74. The number of ether oxygens (including phenoxy) is 5. The van der Waals surface area contributed by atoms with Crippen LogP contribution in [0.25, 0.3) is 10.8 Å². The van der Waals surface area contributed by atoms with Crippen LogP contribution in [0.4, 0.5) is 0 Å². The van der Waals surface area contributed by atoms with E-state index in [9.17, 15) is 9.90 Å². The molecule has 0 bridgehead atoms. The molecule has 0 saturated heterocycles. The molecule has 3 rings (SSSR count). The van der Waals surface area contributed by atoms with E-state index < -0.39 is 5.97 Å². The van der Waals surface area contributed by atoms with Crippen molar-refractivity contribution in [1.82, 2.24) is 4.98 Å². The van der Waals surface area contributed by atoms with Gasteiger partial charge in [-0.15, -0.1) is 12.4 Å². The number of benzene rings is 2. The molecular formula is C23H26ClNO7. The Labute approximate surface area is 192 Å². The highest BCUT2D eigenvalue weighted by Gasteiger charge is 2.17. The molecule has 0 aliphatic rings. The molecule has 0 radical (unpaired) electrons. The molecule has 0 saturated carbocycles. The largest absolute Gasteiger partial charge is 0.504 e. The quantitative estimate of drug-likeness (QED) is 0.477. The first-order valence-electron chi connectivity index (χ1n) is 9.68. The van der Waals surface area contributed by atoms with Crippen molar-refractivity contribution in [2.75, 3.05) is 34.5 Å². The number of hydrogen-bond donors (Lipinski definition) is 1. The second-order valence-corrected chi connectivity index (χ2v) is 6.61. The second kappa shape index (κ2) is 11.3. The number of aromatic nitrogens is 1. The number of rotatable bonds is 9. The van der Waals surface area contributed by atoms with Gasteiger partial charge in [0.25, 0.3) is 0 Å². The Hall–Kier alpha value is -3.39. The normalized spacial score (nSPS) is 10.2. The zero-order valence-corrected chi connectivity index (χ0v) is 19.2. The van der Waals surface area contributed by atoms with Crippen molar-refractivity contribution in [2.24, 2.45) is 0 Å². The van der Waals surface area contributed by atoms with Crippen molar-refractivity contribution < 1.29 is 33.6 Å². The monoisotopic (exact) mass is 463 g/mol. The van der Waals surface area contributed by atoms with Gasteiger partial charge in [0.1, 0.15) is 0 Å². The van der Waals surface area contributed by atoms with E-state index >= 15 is 0 Å². The third-order valence-corrected chi connectivity index (χ3v) is 4.74. The minimum atomic E-state index is -0.513. The minimum absolute atomic E-state index is 0. The van der Waals surface area contributed by atoms with Crippen molar-refractivity contribution in [1.29, 1.82) is 0 Å². The summed E-state index contributed by atoms with van der Waals surface area (Å²) >= 11 is 0. The highest BCUT2D eigenvalue weighted by atomic mass is 35.5.